The summed E-state index contributed by atoms with van der Waals surface area (Å²) in [5.74, 6) is 0.0627. The summed E-state index contributed by atoms with van der Waals surface area (Å²) >= 11 is 0. The van der Waals surface area contributed by atoms with Crippen molar-refractivity contribution in [2.45, 2.75) is 25.4 Å². The van der Waals surface area contributed by atoms with E-state index >= 15 is 0 Å². The van der Waals surface area contributed by atoms with E-state index in [0.717, 1.165) is 31.5 Å². The lowest BCUT2D eigenvalue weighted by Gasteiger charge is -2.12. The van der Waals surface area contributed by atoms with Gasteiger partial charge in [0, 0.05) is 13.1 Å². The standard InChI is InChI=1S/C15H19NO2/c17-14(13-7-2-1-3-8-13)9-6-10-15(18)16-11-4-5-12-16/h1-3,6-8,10,14,17H,4-5,9,11-12H2/b10-6+/t14-/m1/s1. The molecule has 1 atom stereocenters. The van der Waals surface area contributed by atoms with Gasteiger partial charge in [-0.2, -0.15) is 0 Å². The van der Waals surface area contributed by atoms with Gasteiger partial charge in [-0.15, -0.1) is 0 Å². The summed E-state index contributed by atoms with van der Waals surface area (Å²) in [7, 11) is 0. The average Bonchev–Trinajstić information content (AvgIpc) is 2.93. The molecule has 0 radical (unpaired) electrons. The summed E-state index contributed by atoms with van der Waals surface area (Å²) in [6, 6.07) is 9.50. The summed E-state index contributed by atoms with van der Waals surface area (Å²) in [6.45, 7) is 1.73. The van der Waals surface area contributed by atoms with Crippen LogP contribution in [-0.4, -0.2) is 29.0 Å². The summed E-state index contributed by atoms with van der Waals surface area (Å²) in [5.41, 5.74) is 0.885. The first-order valence-electron chi connectivity index (χ1n) is 6.46. The Labute approximate surface area is 108 Å². The highest BCUT2D eigenvalue weighted by Gasteiger charge is 2.15. The fourth-order valence-electron chi connectivity index (χ4n) is 2.15. The van der Waals surface area contributed by atoms with Crippen LogP contribution in [-0.2, 0) is 4.79 Å². The SMILES string of the molecule is O=C(/C=C/C[C@@H](O)c1ccccc1)N1CCCC1. The first-order chi connectivity index (χ1) is 8.77. The molecule has 1 aliphatic rings. The van der Waals surface area contributed by atoms with Crippen molar-refractivity contribution in [3.8, 4) is 0 Å². The van der Waals surface area contributed by atoms with Crippen molar-refractivity contribution in [2.75, 3.05) is 13.1 Å². The van der Waals surface area contributed by atoms with Crippen LogP contribution < -0.4 is 0 Å². The van der Waals surface area contributed by atoms with Crippen LogP contribution >= 0.6 is 0 Å². The Balaban J connectivity index is 1.82. The normalized spacial score (nSPS) is 17.3. The maximum absolute atomic E-state index is 11.7. The Hall–Kier alpha value is -1.61. The molecule has 0 unspecified atom stereocenters. The number of rotatable bonds is 4. The van der Waals surface area contributed by atoms with Crippen LogP contribution in [0.2, 0.25) is 0 Å². The zero-order chi connectivity index (χ0) is 12.8. The zero-order valence-electron chi connectivity index (χ0n) is 10.5. The molecule has 1 aromatic carbocycles. The van der Waals surface area contributed by atoms with E-state index in [0.29, 0.717) is 6.42 Å². The van der Waals surface area contributed by atoms with Gasteiger partial charge in [-0.25, -0.2) is 0 Å². The van der Waals surface area contributed by atoms with Gasteiger partial charge in [0.2, 0.25) is 5.91 Å². The van der Waals surface area contributed by atoms with E-state index in [4.69, 9.17) is 0 Å². The molecule has 18 heavy (non-hydrogen) atoms. The second kappa shape index (κ2) is 6.36. The Kier molecular flexibility index (Phi) is 4.53. The van der Waals surface area contributed by atoms with Crippen LogP contribution in [0.1, 0.15) is 30.9 Å². The van der Waals surface area contributed by atoms with E-state index in [1.54, 1.807) is 12.2 Å². The molecule has 3 heteroatoms. The highest BCUT2D eigenvalue weighted by atomic mass is 16.3. The van der Waals surface area contributed by atoms with Gasteiger partial charge in [0.05, 0.1) is 6.10 Å². The van der Waals surface area contributed by atoms with Crippen LogP contribution in [0.15, 0.2) is 42.5 Å². The molecule has 1 heterocycles. The number of hydrogen-bond donors (Lipinski definition) is 1. The number of likely N-dealkylation sites (tertiary alicyclic amines) is 1. The molecule has 1 amide bonds. The molecular weight excluding hydrogens is 226 g/mol. The third-order valence-electron chi connectivity index (χ3n) is 3.22. The van der Waals surface area contributed by atoms with Gasteiger partial charge in [0.1, 0.15) is 0 Å². The molecule has 0 spiro atoms. The van der Waals surface area contributed by atoms with Crippen molar-refractivity contribution in [1.82, 2.24) is 4.90 Å². The minimum atomic E-state index is -0.533. The van der Waals surface area contributed by atoms with Gasteiger partial charge < -0.3 is 10.0 Å². The van der Waals surface area contributed by atoms with Crippen LogP contribution in [0.3, 0.4) is 0 Å². The summed E-state index contributed by atoms with van der Waals surface area (Å²) < 4.78 is 0. The summed E-state index contributed by atoms with van der Waals surface area (Å²) in [5, 5.41) is 9.92. The van der Waals surface area contributed by atoms with Gasteiger partial charge in [-0.05, 0) is 30.9 Å². The van der Waals surface area contributed by atoms with Crippen molar-refractivity contribution >= 4 is 5.91 Å². The molecule has 3 nitrogen and oxygen atoms in total. The van der Waals surface area contributed by atoms with E-state index < -0.39 is 6.10 Å². The highest BCUT2D eigenvalue weighted by molar-refractivity contribution is 5.87. The number of benzene rings is 1. The first-order valence-corrected chi connectivity index (χ1v) is 6.46. The number of amides is 1. The molecule has 0 aromatic heterocycles. The molecule has 1 aromatic rings. The van der Waals surface area contributed by atoms with Crippen LogP contribution in [0.5, 0.6) is 0 Å². The summed E-state index contributed by atoms with van der Waals surface area (Å²) in [4.78, 5) is 13.6. The molecule has 96 valence electrons. The number of aliphatic hydroxyl groups excluding tert-OH is 1. The molecule has 0 bridgehead atoms. The lowest BCUT2D eigenvalue weighted by atomic mass is 10.1. The fraction of sp³-hybridized carbons (Fsp3) is 0.400. The maximum atomic E-state index is 11.7. The topological polar surface area (TPSA) is 40.5 Å². The Bertz CT molecular complexity index is 408. The molecule has 1 aliphatic heterocycles. The molecule has 0 aliphatic carbocycles. The number of carbonyl (C=O) groups is 1. The quantitative estimate of drug-likeness (QED) is 0.827. The van der Waals surface area contributed by atoms with Crippen LogP contribution in [0, 0.1) is 0 Å². The zero-order valence-corrected chi connectivity index (χ0v) is 10.5. The van der Waals surface area contributed by atoms with E-state index in [-0.39, 0.29) is 5.91 Å². The third-order valence-corrected chi connectivity index (χ3v) is 3.22. The summed E-state index contributed by atoms with van der Waals surface area (Å²) in [6.07, 6.45) is 5.49. The van der Waals surface area contributed by atoms with Crippen molar-refractivity contribution < 1.29 is 9.90 Å². The predicted molar refractivity (Wildman–Crippen MR) is 71.0 cm³/mol. The molecule has 0 saturated carbocycles. The number of carbonyl (C=O) groups excluding carboxylic acids is 1. The van der Waals surface area contributed by atoms with Crippen molar-refractivity contribution in [3.05, 3.63) is 48.0 Å². The monoisotopic (exact) mass is 245 g/mol. The largest absolute Gasteiger partial charge is 0.388 e. The average molecular weight is 245 g/mol. The van der Waals surface area contributed by atoms with E-state index in [1.165, 1.54) is 0 Å². The van der Waals surface area contributed by atoms with Crippen molar-refractivity contribution in [2.24, 2.45) is 0 Å². The Morgan fingerprint density at radius 2 is 1.94 bits per heavy atom. The van der Waals surface area contributed by atoms with E-state index in [2.05, 4.69) is 0 Å². The second-order valence-corrected chi connectivity index (χ2v) is 4.60. The van der Waals surface area contributed by atoms with Gasteiger partial charge in [-0.1, -0.05) is 36.4 Å². The Morgan fingerprint density at radius 3 is 2.61 bits per heavy atom. The minimum absolute atomic E-state index is 0.0627. The van der Waals surface area contributed by atoms with Crippen molar-refractivity contribution in [1.29, 1.82) is 0 Å². The van der Waals surface area contributed by atoms with Crippen LogP contribution in [0.4, 0.5) is 0 Å². The second-order valence-electron chi connectivity index (χ2n) is 4.60. The first kappa shape index (κ1) is 12.8. The highest BCUT2D eigenvalue weighted by Crippen LogP contribution is 2.16. The fourth-order valence-corrected chi connectivity index (χ4v) is 2.15. The van der Waals surface area contributed by atoms with Gasteiger partial charge in [0.25, 0.3) is 0 Å². The van der Waals surface area contributed by atoms with Gasteiger partial charge in [0.15, 0.2) is 0 Å². The van der Waals surface area contributed by atoms with Gasteiger partial charge in [-0.3, -0.25) is 4.79 Å². The van der Waals surface area contributed by atoms with Crippen LogP contribution in [0.25, 0.3) is 0 Å². The molecular formula is C15H19NO2. The van der Waals surface area contributed by atoms with Crippen molar-refractivity contribution in [3.63, 3.8) is 0 Å². The predicted octanol–water partition coefficient (Wildman–Crippen LogP) is 2.29. The maximum Gasteiger partial charge on any atom is 0.246 e. The van der Waals surface area contributed by atoms with E-state index in [9.17, 15) is 9.90 Å². The third kappa shape index (κ3) is 3.44. The minimum Gasteiger partial charge on any atom is -0.388 e. The molecule has 1 N–H and O–H groups in total. The number of aliphatic hydroxyl groups is 1. The molecule has 1 fully saturated rings. The number of hydrogen-bond acceptors (Lipinski definition) is 2. The lowest BCUT2D eigenvalue weighted by molar-refractivity contribution is -0.125. The molecule has 1 saturated heterocycles. The van der Waals surface area contributed by atoms with E-state index in [1.807, 2.05) is 35.2 Å². The Morgan fingerprint density at radius 1 is 1.28 bits per heavy atom. The lowest BCUT2D eigenvalue weighted by Crippen LogP contribution is -2.25. The smallest absolute Gasteiger partial charge is 0.246 e. The van der Waals surface area contributed by atoms with Gasteiger partial charge >= 0.3 is 0 Å². The number of nitrogens with zero attached hydrogens (tertiary/aromatic N) is 1. The molecule has 2 rings (SSSR count).